The smallest absolute Gasteiger partial charge is 0.273 e. The number of amides is 3. The Labute approximate surface area is 279 Å². The van der Waals surface area contributed by atoms with E-state index in [0.717, 1.165) is 75.6 Å². The predicted octanol–water partition coefficient (Wildman–Crippen LogP) is 2.53. The number of rotatable bonds is 10. The van der Waals surface area contributed by atoms with E-state index in [-0.39, 0.29) is 59.2 Å². The summed E-state index contributed by atoms with van der Waals surface area (Å²) in [4.78, 5) is 54.1. The van der Waals surface area contributed by atoms with Crippen LogP contribution in [0.4, 0.5) is 5.82 Å². The summed E-state index contributed by atoms with van der Waals surface area (Å²) in [6.45, 7) is 9.14. The Bertz CT molecular complexity index is 1660. The number of aromatic nitrogens is 4. The standard InChI is InChI=1S/C34H43N9O5/c1-19-14-41(18-32(44)42-7-3-4-8-42)16-27(19)37-34(46)25-11-30(48-40-25)23-9-22(23)26-12-36-31(13-35-26)43-15-20(2)28(17-43)38-33(45)24-10-29(47-39-24)21-5-6-21/h10-13,19-23,27-28H,3-9,14-18H2,1-2H3,(H,37,46)(H,38,45)/t19-,20-,22?,23?,27-,28-/m1/s1. The molecule has 3 aliphatic heterocycles. The van der Waals surface area contributed by atoms with Gasteiger partial charge in [0.25, 0.3) is 11.8 Å². The third kappa shape index (κ3) is 6.41. The Balaban J connectivity index is 0.814. The normalized spacial score (nSPS) is 28.6. The van der Waals surface area contributed by atoms with Crippen molar-refractivity contribution in [3.8, 4) is 0 Å². The van der Waals surface area contributed by atoms with Crippen LogP contribution in [-0.4, -0.2) is 106 Å². The molecule has 3 amide bonds. The van der Waals surface area contributed by atoms with Gasteiger partial charge >= 0.3 is 0 Å². The van der Waals surface area contributed by atoms with Gasteiger partial charge in [-0.15, -0.1) is 0 Å². The van der Waals surface area contributed by atoms with Crippen molar-refractivity contribution in [1.82, 2.24) is 40.7 Å². The van der Waals surface area contributed by atoms with Gasteiger partial charge in [0, 0.05) is 75.2 Å². The summed E-state index contributed by atoms with van der Waals surface area (Å²) in [5.74, 6) is 3.09. The molecule has 2 aliphatic carbocycles. The summed E-state index contributed by atoms with van der Waals surface area (Å²) in [5.41, 5.74) is 1.49. The Morgan fingerprint density at radius 1 is 0.812 bits per heavy atom. The first-order valence-corrected chi connectivity index (χ1v) is 17.4. The maximum atomic E-state index is 13.1. The number of hydrogen-bond acceptors (Lipinski definition) is 11. The van der Waals surface area contributed by atoms with Gasteiger partial charge in [-0.05, 0) is 43.9 Å². The fourth-order valence-electron chi connectivity index (χ4n) is 7.52. The monoisotopic (exact) mass is 657 g/mol. The van der Waals surface area contributed by atoms with Gasteiger partial charge in [-0.25, -0.2) is 4.98 Å². The van der Waals surface area contributed by atoms with Crippen LogP contribution in [0.15, 0.2) is 33.6 Å². The maximum Gasteiger partial charge on any atom is 0.273 e. The number of nitrogens with one attached hydrogen (secondary N) is 2. The van der Waals surface area contributed by atoms with Crippen molar-refractivity contribution >= 4 is 23.5 Å². The van der Waals surface area contributed by atoms with Crippen LogP contribution in [0.2, 0.25) is 0 Å². The summed E-state index contributed by atoms with van der Waals surface area (Å²) >= 11 is 0. The second-order valence-corrected chi connectivity index (χ2v) is 14.6. The second-order valence-electron chi connectivity index (χ2n) is 14.6. The van der Waals surface area contributed by atoms with Gasteiger partial charge < -0.3 is 29.5 Å². The molecule has 8 rings (SSSR count). The number of anilines is 1. The number of hydrogen-bond donors (Lipinski definition) is 2. The molecule has 5 fully saturated rings. The molecule has 0 aromatic carbocycles. The molecular formula is C34H43N9O5. The highest BCUT2D eigenvalue weighted by Crippen LogP contribution is 2.54. The van der Waals surface area contributed by atoms with Crippen LogP contribution in [0.25, 0.3) is 0 Å². The minimum Gasteiger partial charge on any atom is -0.360 e. The zero-order valence-electron chi connectivity index (χ0n) is 27.5. The van der Waals surface area contributed by atoms with Crippen LogP contribution in [-0.2, 0) is 4.79 Å². The second kappa shape index (κ2) is 12.6. The molecule has 2 unspecified atom stereocenters. The highest BCUT2D eigenvalue weighted by Gasteiger charge is 2.44. The molecule has 0 radical (unpaired) electrons. The van der Waals surface area contributed by atoms with Crippen molar-refractivity contribution in [2.45, 2.75) is 75.8 Å². The highest BCUT2D eigenvalue weighted by molar-refractivity contribution is 5.93. The van der Waals surface area contributed by atoms with Crippen molar-refractivity contribution in [3.63, 3.8) is 0 Å². The van der Waals surface area contributed by atoms with Crippen molar-refractivity contribution in [1.29, 1.82) is 0 Å². The molecule has 0 bridgehead atoms. The molecule has 48 heavy (non-hydrogen) atoms. The van der Waals surface area contributed by atoms with Crippen LogP contribution >= 0.6 is 0 Å². The van der Waals surface area contributed by atoms with Crippen LogP contribution in [0, 0.1) is 11.8 Å². The van der Waals surface area contributed by atoms with Crippen LogP contribution in [0.1, 0.15) is 102 Å². The molecule has 6 atom stereocenters. The topological polar surface area (TPSA) is 163 Å². The van der Waals surface area contributed by atoms with Crippen LogP contribution in [0.3, 0.4) is 0 Å². The van der Waals surface area contributed by atoms with Crippen LogP contribution in [0.5, 0.6) is 0 Å². The van der Waals surface area contributed by atoms with Crippen molar-refractivity contribution in [2.75, 3.05) is 50.7 Å². The number of nitrogens with zero attached hydrogens (tertiary/aromatic N) is 7. The summed E-state index contributed by atoms with van der Waals surface area (Å²) < 4.78 is 11.0. The lowest BCUT2D eigenvalue weighted by Crippen LogP contribution is -2.41. The Morgan fingerprint density at radius 3 is 2.17 bits per heavy atom. The molecule has 5 aliphatic rings. The molecule has 2 N–H and O–H groups in total. The van der Waals surface area contributed by atoms with E-state index in [1.54, 1.807) is 18.3 Å². The Hall–Kier alpha value is -4.33. The van der Waals surface area contributed by atoms with Gasteiger partial charge in [0.15, 0.2) is 11.4 Å². The predicted molar refractivity (Wildman–Crippen MR) is 172 cm³/mol. The van der Waals surface area contributed by atoms with Gasteiger partial charge in [0.1, 0.15) is 17.3 Å². The average Bonchev–Trinajstić information content (AvgIpc) is 3.65. The number of carbonyl (C=O) groups excluding carboxylic acids is 3. The maximum absolute atomic E-state index is 13.1. The Kier molecular flexibility index (Phi) is 8.13. The molecule has 6 heterocycles. The van der Waals surface area contributed by atoms with E-state index >= 15 is 0 Å². The highest BCUT2D eigenvalue weighted by atomic mass is 16.5. The van der Waals surface area contributed by atoms with Crippen molar-refractivity contribution in [2.24, 2.45) is 11.8 Å². The number of likely N-dealkylation sites (tertiary alicyclic amines) is 2. The molecule has 254 valence electrons. The summed E-state index contributed by atoms with van der Waals surface area (Å²) in [7, 11) is 0. The zero-order chi connectivity index (χ0) is 32.9. The summed E-state index contributed by atoms with van der Waals surface area (Å²) in [6, 6.07) is 3.41. The van der Waals surface area contributed by atoms with E-state index in [9.17, 15) is 14.4 Å². The first-order chi connectivity index (χ1) is 23.3. The molecule has 14 nitrogen and oxygen atoms in total. The lowest BCUT2D eigenvalue weighted by molar-refractivity contribution is -0.131. The third-order valence-electron chi connectivity index (χ3n) is 10.8. The van der Waals surface area contributed by atoms with Gasteiger partial charge in [-0.3, -0.25) is 24.3 Å². The van der Waals surface area contributed by atoms with Crippen molar-refractivity contribution < 1.29 is 23.4 Å². The Morgan fingerprint density at radius 2 is 1.48 bits per heavy atom. The largest absolute Gasteiger partial charge is 0.360 e. The molecule has 2 saturated carbocycles. The quantitative estimate of drug-likeness (QED) is 0.330. The first kappa shape index (κ1) is 31.0. The van der Waals surface area contributed by atoms with E-state index in [0.29, 0.717) is 37.0 Å². The molecule has 14 heteroatoms. The van der Waals surface area contributed by atoms with Crippen molar-refractivity contribution in [3.05, 3.63) is 53.1 Å². The summed E-state index contributed by atoms with van der Waals surface area (Å²) in [5, 5.41) is 14.3. The van der Waals surface area contributed by atoms with E-state index in [1.807, 2.05) is 11.1 Å². The lowest BCUT2D eigenvalue weighted by atomic mass is 10.1. The lowest BCUT2D eigenvalue weighted by Gasteiger charge is -2.20. The minimum atomic E-state index is -0.255. The molecular weight excluding hydrogens is 614 g/mol. The third-order valence-corrected chi connectivity index (χ3v) is 10.8. The molecule has 3 aromatic heterocycles. The van der Waals surface area contributed by atoms with E-state index < -0.39 is 0 Å². The number of carbonyl (C=O) groups is 3. The minimum absolute atomic E-state index is 0.0366. The summed E-state index contributed by atoms with van der Waals surface area (Å²) in [6.07, 6.45) is 8.81. The average molecular weight is 658 g/mol. The fourth-order valence-corrected chi connectivity index (χ4v) is 7.52. The van der Waals surface area contributed by atoms with Crippen LogP contribution < -0.4 is 15.5 Å². The van der Waals surface area contributed by atoms with E-state index in [4.69, 9.17) is 19.0 Å². The molecule has 3 saturated heterocycles. The van der Waals surface area contributed by atoms with Gasteiger partial charge in [-0.2, -0.15) is 0 Å². The van der Waals surface area contributed by atoms with Gasteiger partial charge in [0.2, 0.25) is 5.91 Å². The van der Waals surface area contributed by atoms with E-state index in [1.165, 1.54) is 0 Å². The molecule has 3 aromatic rings. The SMILES string of the molecule is C[C@@H]1CN(c2cnc(C3CC3c3cc(C(=O)N[C@@H]4CN(CC(=O)N5CCCC5)C[C@H]4C)no3)cn2)C[C@H]1NC(=O)c1cc(C2CC2)on1. The molecule has 0 spiro atoms. The van der Waals surface area contributed by atoms with Gasteiger partial charge in [0.05, 0.1) is 30.7 Å². The first-order valence-electron chi connectivity index (χ1n) is 17.4. The van der Waals surface area contributed by atoms with E-state index in [2.05, 4.69) is 44.6 Å². The fraction of sp³-hybridized carbons (Fsp3) is 0.618. The van der Waals surface area contributed by atoms with Gasteiger partial charge in [-0.1, -0.05) is 24.2 Å². The zero-order valence-corrected chi connectivity index (χ0v) is 27.5.